The maximum absolute atomic E-state index is 12.4. The first-order valence-corrected chi connectivity index (χ1v) is 18.2. The van der Waals surface area contributed by atoms with Gasteiger partial charge in [0.05, 0.1) is 17.3 Å². The van der Waals surface area contributed by atoms with Gasteiger partial charge in [-0.05, 0) is 86.3 Å². The second-order valence-electron chi connectivity index (χ2n) is 14.3. The molecular formula is C39H46N8O3. The third-order valence-corrected chi connectivity index (χ3v) is 10.8. The van der Waals surface area contributed by atoms with E-state index in [2.05, 4.69) is 71.7 Å². The van der Waals surface area contributed by atoms with Crippen LogP contribution in [0.5, 0.6) is 0 Å². The number of rotatable bonds is 7. The van der Waals surface area contributed by atoms with Crippen molar-refractivity contribution in [1.82, 2.24) is 30.5 Å². The molecule has 2 atom stereocenters. The van der Waals surface area contributed by atoms with E-state index in [0.717, 1.165) is 118 Å². The summed E-state index contributed by atoms with van der Waals surface area (Å²) >= 11 is 0. The van der Waals surface area contributed by atoms with Gasteiger partial charge in [-0.25, -0.2) is 9.97 Å². The number of amides is 2. The molecule has 2 aromatic heterocycles. The summed E-state index contributed by atoms with van der Waals surface area (Å²) in [4.78, 5) is 44.4. The minimum atomic E-state index is -0.671. The Morgan fingerprint density at radius 1 is 0.860 bits per heavy atom. The second-order valence-corrected chi connectivity index (χ2v) is 14.3. The van der Waals surface area contributed by atoms with Gasteiger partial charge in [0.15, 0.2) is 5.82 Å². The molecule has 50 heavy (non-hydrogen) atoms. The van der Waals surface area contributed by atoms with Gasteiger partial charge in [0.1, 0.15) is 6.23 Å². The summed E-state index contributed by atoms with van der Waals surface area (Å²) in [6, 6.07) is 20.8. The lowest BCUT2D eigenvalue weighted by atomic mass is 9.89. The Labute approximate surface area is 293 Å². The lowest BCUT2D eigenvalue weighted by Gasteiger charge is -2.45. The van der Waals surface area contributed by atoms with Gasteiger partial charge in [0.2, 0.25) is 11.8 Å². The number of nitrogens with zero attached hydrogens (tertiary/aromatic N) is 5. The van der Waals surface area contributed by atoms with Crippen LogP contribution in [0.4, 0.5) is 11.4 Å². The van der Waals surface area contributed by atoms with Crippen molar-refractivity contribution in [2.45, 2.75) is 50.7 Å². The molecule has 4 aromatic rings. The minimum absolute atomic E-state index is 0.174. The van der Waals surface area contributed by atoms with Crippen LogP contribution in [-0.4, -0.2) is 89.1 Å². The molecule has 2 aromatic carbocycles. The fraction of sp³-hybridized carbons (Fsp3) is 0.436. The number of aromatic amines is 1. The van der Waals surface area contributed by atoms with Crippen molar-refractivity contribution in [3.63, 3.8) is 0 Å². The van der Waals surface area contributed by atoms with Gasteiger partial charge >= 0.3 is 0 Å². The number of aliphatic hydroxyl groups excluding tert-OH is 1. The van der Waals surface area contributed by atoms with Gasteiger partial charge in [0.25, 0.3) is 0 Å². The predicted octanol–water partition coefficient (Wildman–Crippen LogP) is 4.22. The summed E-state index contributed by atoms with van der Waals surface area (Å²) < 4.78 is 0. The van der Waals surface area contributed by atoms with Crippen molar-refractivity contribution in [3.8, 4) is 22.8 Å². The van der Waals surface area contributed by atoms with Crippen LogP contribution in [0.25, 0.3) is 22.8 Å². The molecular weight excluding hydrogens is 628 g/mol. The van der Waals surface area contributed by atoms with Crippen LogP contribution in [0.15, 0.2) is 66.9 Å². The van der Waals surface area contributed by atoms with Gasteiger partial charge in [-0.15, -0.1) is 0 Å². The first-order valence-electron chi connectivity index (χ1n) is 18.2. The largest absolute Gasteiger partial charge is 0.374 e. The molecule has 0 bridgehead atoms. The van der Waals surface area contributed by atoms with Crippen LogP contribution in [0.2, 0.25) is 0 Å². The van der Waals surface area contributed by atoms with E-state index in [-0.39, 0.29) is 17.7 Å². The number of piperidine rings is 1. The molecule has 0 radical (unpaired) electrons. The summed E-state index contributed by atoms with van der Waals surface area (Å²) in [5, 5.41) is 16.4. The van der Waals surface area contributed by atoms with Crippen LogP contribution >= 0.6 is 0 Å². The Bertz CT molecular complexity index is 1830. The number of nitrogens with one attached hydrogen (secondary N) is 3. The quantitative estimate of drug-likeness (QED) is 0.213. The fourth-order valence-corrected chi connectivity index (χ4v) is 7.92. The van der Waals surface area contributed by atoms with Crippen molar-refractivity contribution in [2.24, 2.45) is 5.92 Å². The zero-order valence-electron chi connectivity index (χ0n) is 28.5. The van der Waals surface area contributed by atoms with Gasteiger partial charge < -0.3 is 19.9 Å². The average Bonchev–Trinajstić information content (AvgIpc) is 3.58. The van der Waals surface area contributed by atoms with Gasteiger partial charge in [0, 0.05) is 92.5 Å². The van der Waals surface area contributed by atoms with E-state index in [0.29, 0.717) is 24.6 Å². The number of hydrogen-bond acceptors (Lipinski definition) is 9. The highest BCUT2D eigenvalue weighted by atomic mass is 16.3. The number of hydrogen-bond donors (Lipinski definition) is 4. The molecule has 4 aliphatic heterocycles. The Morgan fingerprint density at radius 3 is 2.52 bits per heavy atom. The molecule has 4 N–H and O–H groups in total. The zero-order chi connectivity index (χ0) is 34.0. The molecule has 3 fully saturated rings. The van der Waals surface area contributed by atoms with E-state index in [1.807, 2.05) is 30.5 Å². The normalized spacial score (nSPS) is 22.3. The van der Waals surface area contributed by atoms with E-state index in [4.69, 9.17) is 4.98 Å². The lowest BCUT2D eigenvalue weighted by molar-refractivity contribution is -0.134. The molecule has 3 saturated heterocycles. The van der Waals surface area contributed by atoms with Crippen molar-refractivity contribution >= 4 is 23.2 Å². The highest BCUT2D eigenvalue weighted by Crippen LogP contribution is 2.32. The molecule has 0 saturated carbocycles. The van der Waals surface area contributed by atoms with Crippen LogP contribution in [0, 0.1) is 5.92 Å². The summed E-state index contributed by atoms with van der Waals surface area (Å²) in [6.07, 6.45) is 6.36. The fourth-order valence-electron chi connectivity index (χ4n) is 7.92. The third kappa shape index (κ3) is 7.03. The van der Waals surface area contributed by atoms with E-state index in [9.17, 15) is 14.7 Å². The molecule has 11 heteroatoms. The van der Waals surface area contributed by atoms with Gasteiger partial charge in [-0.1, -0.05) is 18.6 Å². The van der Waals surface area contributed by atoms with Gasteiger partial charge in [-0.2, -0.15) is 0 Å². The number of imide groups is 1. The average molecular weight is 675 g/mol. The number of aliphatic hydroxyl groups is 1. The van der Waals surface area contributed by atoms with Crippen molar-refractivity contribution in [2.75, 3.05) is 62.2 Å². The SMILES string of the molecule is O=C1CCC(c2cccc(N3CC(CN4CCN(c5ccc(-c6nccc(-c7cc8c([nH]7)CCCCCNC8O)n6)cc5)CC4)C3)c2)C(=O)N1. The molecule has 0 aliphatic carbocycles. The van der Waals surface area contributed by atoms with E-state index >= 15 is 0 Å². The third-order valence-electron chi connectivity index (χ3n) is 10.8. The van der Waals surface area contributed by atoms with Crippen molar-refractivity contribution in [1.29, 1.82) is 0 Å². The van der Waals surface area contributed by atoms with E-state index in [1.54, 1.807) is 0 Å². The molecule has 2 amide bonds. The zero-order valence-corrected chi connectivity index (χ0v) is 28.5. The molecule has 6 heterocycles. The molecule has 8 rings (SSSR count). The topological polar surface area (TPSA) is 130 Å². The van der Waals surface area contributed by atoms with Crippen LogP contribution in [-0.2, 0) is 16.0 Å². The molecule has 260 valence electrons. The first-order chi connectivity index (χ1) is 24.5. The number of carbonyl (C=O) groups is 2. The Morgan fingerprint density at radius 2 is 1.70 bits per heavy atom. The highest BCUT2D eigenvalue weighted by molar-refractivity contribution is 6.01. The van der Waals surface area contributed by atoms with E-state index < -0.39 is 6.23 Å². The van der Waals surface area contributed by atoms with Crippen LogP contribution in [0.1, 0.15) is 61.1 Å². The highest BCUT2D eigenvalue weighted by Gasteiger charge is 2.32. The Balaban J connectivity index is 0.831. The maximum atomic E-state index is 12.4. The molecule has 4 aliphatic rings. The molecule has 2 unspecified atom stereocenters. The number of H-pyrrole nitrogens is 1. The van der Waals surface area contributed by atoms with Crippen LogP contribution in [0.3, 0.4) is 0 Å². The number of fused-ring (bicyclic) bond motifs is 1. The number of benzene rings is 2. The lowest BCUT2D eigenvalue weighted by Crippen LogP contribution is -2.55. The molecule has 0 spiro atoms. The van der Waals surface area contributed by atoms with Crippen LogP contribution < -0.4 is 20.4 Å². The number of piperazine rings is 1. The van der Waals surface area contributed by atoms with E-state index in [1.165, 1.54) is 5.69 Å². The van der Waals surface area contributed by atoms with Crippen molar-refractivity contribution < 1.29 is 14.7 Å². The predicted molar refractivity (Wildman–Crippen MR) is 194 cm³/mol. The Kier molecular flexibility index (Phi) is 9.35. The first kappa shape index (κ1) is 32.6. The standard InChI is InChI=1S/C39H46N8O3/c48-36-13-12-31(39(50)44-36)28-5-4-6-30(21-28)47-24-26(25-47)23-45-17-19-46(20-18-45)29-10-8-27(9-11-29)37-40-16-14-34(43-37)35-22-32-33(42-35)7-2-1-3-15-41-38(32)49/h4-6,8-11,14,16,21-22,26,31,38,41-42,49H,1-3,7,12-13,15,17-20,23-25H2,(H,44,48,50). The minimum Gasteiger partial charge on any atom is -0.374 e. The Hall–Kier alpha value is -4.58. The second kappa shape index (κ2) is 14.3. The number of aromatic nitrogens is 3. The monoisotopic (exact) mass is 674 g/mol. The summed E-state index contributed by atoms with van der Waals surface area (Å²) in [5.74, 6) is 0.723. The summed E-state index contributed by atoms with van der Waals surface area (Å²) in [6.45, 7) is 8.03. The summed E-state index contributed by atoms with van der Waals surface area (Å²) in [5.41, 5.74) is 8.08. The van der Waals surface area contributed by atoms with Crippen molar-refractivity contribution in [3.05, 3.63) is 83.7 Å². The molecule has 11 nitrogen and oxygen atoms in total. The van der Waals surface area contributed by atoms with Gasteiger partial charge in [-0.3, -0.25) is 25.1 Å². The summed E-state index contributed by atoms with van der Waals surface area (Å²) in [7, 11) is 0. The smallest absolute Gasteiger partial charge is 0.234 e. The number of anilines is 2. The number of carbonyl (C=O) groups excluding carboxylic acids is 2. The maximum Gasteiger partial charge on any atom is 0.234 e. The number of aryl methyl sites for hydroxylation is 1.